The smallest absolute Gasteiger partial charge is 0.139 e. The van der Waals surface area contributed by atoms with Crippen molar-refractivity contribution in [2.24, 2.45) is 11.8 Å². The fraction of sp³-hybridized carbons (Fsp3) is 0.818. The Labute approximate surface area is 105 Å². The van der Waals surface area contributed by atoms with Crippen LogP contribution in [-0.4, -0.2) is 15.7 Å². The molecule has 1 aromatic rings. The molecule has 2 rings (SSSR count). The molecule has 1 saturated carbocycles. The van der Waals surface area contributed by atoms with Gasteiger partial charge < -0.3 is 4.74 Å². The molecule has 0 radical (unpaired) electrons. The van der Waals surface area contributed by atoms with Gasteiger partial charge in [0.15, 0.2) is 0 Å². The monoisotopic (exact) mass is 260 g/mol. The van der Waals surface area contributed by atoms with Crippen LogP contribution in [0.25, 0.3) is 0 Å². The first-order valence-electron chi connectivity index (χ1n) is 5.73. The quantitative estimate of drug-likeness (QED) is 0.834. The van der Waals surface area contributed by atoms with Crippen LogP contribution in [-0.2, 0) is 11.3 Å². The van der Waals surface area contributed by atoms with Crippen LogP contribution in [0.2, 0.25) is 4.34 Å². The van der Waals surface area contributed by atoms with Crippen molar-refractivity contribution < 1.29 is 4.74 Å². The summed E-state index contributed by atoms with van der Waals surface area (Å²) in [6.45, 7) is 5.09. The normalized spacial score (nSPS) is 30.6. The molecular weight excluding hydrogens is 244 g/mol. The molecule has 1 fully saturated rings. The third-order valence-electron chi connectivity index (χ3n) is 3.10. The molecule has 0 aliphatic heterocycles. The summed E-state index contributed by atoms with van der Waals surface area (Å²) >= 11 is 7.14. The first-order valence-corrected chi connectivity index (χ1v) is 6.88. The van der Waals surface area contributed by atoms with Crippen LogP contribution in [0.5, 0.6) is 0 Å². The van der Waals surface area contributed by atoms with Gasteiger partial charge in [0.1, 0.15) is 10.0 Å². The second-order valence-electron chi connectivity index (χ2n) is 4.84. The number of rotatable bonds is 3. The Morgan fingerprint density at radius 2 is 2.00 bits per heavy atom. The number of ether oxygens (including phenoxy) is 1. The van der Waals surface area contributed by atoms with E-state index in [0.717, 1.165) is 30.4 Å². The lowest BCUT2D eigenvalue weighted by Crippen LogP contribution is -2.26. The van der Waals surface area contributed by atoms with Gasteiger partial charge in [-0.1, -0.05) is 29.9 Å². The van der Waals surface area contributed by atoms with Gasteiger partial charge >= 0.3 is 0 Å². The second-order valence-corrected chi connectivity index (χ2v) is 6.20. The lowest BCUT2D eigenvalue weighted by atomic mass is 9.82. The van der Waals surface area contributed by atoms with Crippen molar-refractivity contribution in [2.45, 2.75) is 45.8 Å². The predicted molar refractivity (Wildman–Crippen MR) is 65.7 cm³/mol. The van der Waals surface area contributed by atoms with E-state index in [-0.39, 0.29) is 0 Å². The van der Waals surface area contributed by atoms with Gasteiger partial charge in [0.25, 0.3) is 0 Å². The second kappa shape index (κ2) is 5.43. The fourth-order valence-electron chi connectivity index (χ4n) is 2.49. The zero-order valence-electron chi connectivity index (χ0n) is 9.65. The SMILES string of the molecule is CC1CC(C)CC(OCc2nnsc2Cl)C1. The van der Waals surface area contributed by atoms with Crippen molar-refractivity contribution in [1.82, 2.24) is 9.59 Å². The highest BCUT2D eigenvalue weighted by molar-refractivity contribution is 7.10. The molecule has 1 aliphatic carbocycles. The lowest BCUT2D eigenvalue weighted by Gasteiger charge is -2.31. The molecule has 1 aliphatic rings. The van der Waals surface area contributed by atoms with E-state index in [1.54, 1.807) is 0 Å². The van der Waals surface area contributed by atoms with E-state index < -0.39 is 0 Å². The Morgan fingerprint density at radius 3 is 2.56 bits per heavy atom. The summed E-state index contributed by atoms with van der Waals surface area (Å²) in [5, 5.41) is 3.95. The van der Waals surface area contributed by atoms with E-state index in [2.05, 4.69) is 23.4 Å². The largest absolute Gasteiger partial charge is 0.372 e. The van der Waals surface area contributed by atoms with Crippen LogP contribution in [0.4, 0.5) is 0 Å². The first-order chi connectivity index (χ1) is 7.65. The maximum absolute atomic E-state index is 5.93. The maximum atomic E-state index is 5.93. The van der Waals surface area contributed by atoms with Crippen molar-refractivity contribution in [3.63, 3.8) is 0 Å². The molecule has 0 saturated heterocycles. The van der Waals surface area contributed by atoms with Crippen molar-refractivity contribution in [3.05, 3.63) is 10.0 Å². The van der Waals surface area contributed by atoms with Crippen LogP contribution >= 0.6 is 23.1 Å². The van der Waals surface area contributed by atoms with Gasteiger partial charge in [-0.2, -0.15) is 0 Å². The zero-order valence-corrected chi connectivity index (χ0v) is 11.2. The van der Waals surface area contributed by atoms with E-state index in [9.17, 15) is 0 Å². The minimum atomic E-state index is 0.358. The summed E-state index contributed by atoms with van der Waals surface area (Å²) in [6.07, 6.45) is 3.98. The van der Waals surface area contributed by atoms with Crippen LogP contribution in [0.3, 0.4) is 0 Å². The lowest BCUT2D eigenvalue weighted by molar-refractivity contribution is -0.0104. The molecule has 1 heterocycles. The van der Waals surface area contributed by atoms with Gasteiger partial charge in [-0.25, -0.2) is 0 Å². The Kier molecular flexibility index (Phi) is 4.16. The molecule has 2 unspecified atom stereocenters. The molecule has 0 amide bonds. The summed E-state index contributed by atoms with van der Waals surface area (Å²) in [7, 11) is 0. The van der Waals surface area contributed by atoms with E-state index in [1.807, 2.05) is 0 Å². The van der Waals surface area contributed by atoms with Crippen LogP contribution in [0.15, 0.2) is 0 Å². The van der Waals surface area contributed by atoms with E-state index in [4.69, 9.17) is 16.3 Å². The van der Waals surface area contributed by atoms with Gasteiger partial charge in [-0.3, -0.25) is 0 Å². The fourth-order valence-corrected chi connectivity index (χ4v) is 3.09. The standard InChI is InChI=1S/C11H17ClN2OS/c1-7-3-8(2)5-9(4-7)15-6-10-11(12)16-14-13-10/h7-9H,3-6H2,1-2H3. The summed E-state index contributed by atoms with van der Waals surface area (Å²) in [5.41, 5.74) is 0.776. The molecule has 1 aromatic heterocycles. The highest BCUT2D eigenvalue weighted by atomic mass is 35.5. The Hall–Kier alpha value is -0.190. The van der Waals surface area contributed by atoms with Crippen molar-refractivity contribution in [3.8, 4) is 0 Å². The van der Waals surface area contributed by atoms with E-state index in [0.29, 0.717) is 17.0 Å². The third kappa shape index (κ3) is 3.15. The van der Waals surface area contributed by atoms with Crippen LogP contribution in [0, 0.1) is 11.8 Å². The highest BCUT2D eigenvalue weighted by Gasteiger charge is 2.24. The third-order valence-corrected chi connectivity index (χ3v) is 4.08. The van der Waals surface area contributed by atoms with E-state index >= 15 is 0 Å². The molecule has 5 heteroatoms. The predicted octanol–water partition coefficient (Wildman–Crippen LogP) is 3.53. The summed E-state index contributed by atoms with van der Waals surface area (Å²) in [6, 6.07) is 0. The molecular formula is C11H17ClN2OS. The topological polar surface area (TPSA) is 35.0 Å². The molecule has 0 N–H and O–H groups in total. The molecule has 0 bridgehead atoms. The molecule has 16 heavy (non-hydrogen) atoms. The number of hydrogen-bond donors (Lipinski definition) is 0. The van der Waals surface area contributed by atoms with Crippen molar-refractivity contribution >= 4 is 23.1 Å². The van der Waals surface area contributed by atoms with Gasteiger partial charge in [-0.05, 0) is 31.1 Å². The number of aromatic nitrogens is 2. The number of nitrogens with zero attached hydrogens (tertiary/aromatic N) is 2. The van der Waals surface area contributed by atoms with E-state index in [1.165, 1.54) is 18.0 Å². The van der Waals surface area contributed by atoms with Gasteiger partial charge in [0, 0.05) is 11.5 Å². The minimum absolute atomic E-state index is 0.358. The van der Waals surface area contributed by atoms with Gasteiger partial charge in [-0.15, -0.1) is 5.10 Å². The van der Waals surface area contributed by atoms with Crippen LogP contribution in [0.1, 0.15) is 38.8 Å². The average molecular weight is 261 g/mol. The Morgan fingerprint density at radius 1 is 1.31 bits per heavy atom. The summed E-state index contributed by atoms with van der Waals surface area (Å²) < 4.78 is 10.3. The Bertz CT molecular complexity index is 334. The van der Waals surface area contributed by atoms with Crippen molar-refractivity contribution in [1.29, 1.82) is 0 Å². The van der Waals surface area contributed by atoms with Gasteiger partial charge in [0.05, 0.1) is 12.7 Å². The molecule has 90 valence electrons. The molecule has 0 spiro atoms. The number of halogens is 1. The van der Waals surface area contributed by atoms with Crippen LogP contribution < -0.4 is 0 Å². The summed E-state index contributed by atoms with van der Waals surface area (Å²) in [4.78, 5) is 0. The summed E-state index contributed by atoms with van der Waals surface area (Å²) in [5.74, 6) is 1.52. The van der Waals surface area contributed by atoms with Gasteiger partial charge in [0.2, 0.25) is 0 Å². The number of hydrogen-bond acceptors (Lipinski definition) is 4. The Balaban J connectivity index is 1.84. The minimum Gasteiger partial charge on any atom is -0.372 e. The molecule has 3 nitrogen and oxygen atoms in total. The first kappa shape index (κ1) is 12.3. The average Bonchev–Trinajstić information content (AvgIpc) is 2.59. The highest BCUT2D eigenvalue weighted by Crippen LogP contribution is 2.31. The zero-order chi connectivity index (χ0) is 11.5. The molecule has 2 atom stereocenters. The maximum Gasteiger partial charge on any atom is 0.139 e. The van der Waals surface area contributed by atoms with Crippen molar-refractivity contribution in [2.75, 3.05) is 0 Å². The molecule has 0 aromatic carbocycles.